The van der Waals surface area contributed by atoms with Crippen LogP contribution in [0.25, 0.3) is 0 Å². The van der Waals surface area contributed by atoms with E-state index >= 15 is 0 Å². The Bertz CT molecular complexity index is 597. The number of rotatable bonds is 3. The molecule has 110 valence electrons. The first-order valence-electron chi connectivity index (χ1n) is 6.94. The first kappa shape index (κ1) is 13.8. The van der Waals surface area contributed by atoms with Crippen molar-refractivity contribution in [2.45, 2.75) is 6.61 Å². The summed E-state index contributed by atoms with van der Waals surface area (Å²) in [5, 5.41) is 8.97. The highest BCUT2D eigenvalue weighted by molar-refractivity contribution is 5.50. The number of anilines is 2. The lowest BCUT2D eigenvalue weighted by atomic mass is 10.2. The lowest BCUT2D eigenvalue weighted by Crippen LogP contribution is -2.47. The third-order valence-electron chi connectivity index (χ3n) is 3.65. The zero-order valence-electron chi connectivity index (χ0n) is 11.6. The maximum Gasteiger partial charge on any atom is 0.147 e. The molecule has 0 atom stereocenters. The van der Waals surface area contributed by atoms with Crippen LogP contribution in [-0.4, -0.2) is 41.3 Å². The van der Waals surface area contributed by atoms with Gasteiger partial charge in [-0.1, -0.05) is 12.1 Å². The Balaban J connectivity index is 1.66. The van der Waals surface area contributed by atoms with E-state index in [0.717, 1.165) is 32.0 Å². The zero-order chi connectivity index (χ0) is 14.7. The van der Waals surface area contributed by atoms with E-state index in [0.29, 0.717) is 11.4 Å². The second-order valence-corrected chi connectivity index (χ2v) is 4.95. The third-order valence-corrected chi connectivity index (χ3v) is 3.65. The van der Waals surface area contributed by atoms with E-state index in [4.69, 9.17) is 5.11 Å². The summed E-state index contributed by atoms with van der Waals surface area (Å²) in [5.41, 5.74) is 1.21. The van der Waals surface area contributed by atoms with Crippen LogP contribution in [0, 0.1) is 5.82 Å². The molecule has 0 saturated carbocycles. The van der Waals surface area contributed by atoms with Crippen molar-refractivity contribution in [2.24, 2.45) is 0 Å². The Morgan fingerprint density at radius 3 is 2.33 bits per heavy atom. The van der Waals surface area contributed by atoms with E-state index in [-0.39, 0.29) is 12.4 Å². The molecule has 1 saturated heterocycles. The van der Waals surface area contributed by atoms with Gasteiger partial charge in [0.05, 0.1) is 30.4 Å². The molecule has 6 heteroatoms. The average molecular weight is 288 g/mol. The van der Waals surface area contributed by atoms with E-state index in [1.54, 1.807) is 24.5 Å². The van der Waals surface area contributed by atoms with Crippen LogP contribution in [0.5, 0.6) is 0 Å². The smallest absolute Gasteiger partial charge is 0.147 e. The number of aliphatic hydroxyl groups excluding tert-OH is 1. The van der Waals surface area contributed by atoms with Crippen molar-refractivity contribution >= 4 is 11.5 Å². The van der Waals surface area contributed by atoms with Gasteiger partial charge in [-0.15, -0.1) is 0 Å². The molecule has 0 bridgehead atoms. The van der Waals surface area contributed by atoms with Gasteiger partial charge in [0.1, 0.15) is 11.6 Å². The normalized spacial score (nSPS) is 15.3. The van der Waals surface area contributed by atoms with Gasteiger partial charge < -0.3 is 14.9 Å². The summed E-state index contributed by atoms with van der Waals surface area (Å²) in [6.07, 6.45) is 3.25. The molecule has 0 amide bonds. The summed E-state index contributed by atoms with van der Waals surface area (Å²) in [6, 6.07) is 6.85. The Hall–Kier alpha value is -2.21. The number of para-hydroxylation sites is 1. The molecule has 1 aliphatic heterocycles. The second-order valence-electron chi connectivity index (χ2n) is 4.95. The monoisotopic (exact) mass is 288 g/mol. The fraction of sp³-hybridized carbons (Fsp3) is 0.333. The van der Waals surface area contributed by atoms with Crippen molar-refractivity contribution in [3.63, 3.8) is 0 Å². The molecule has 2 heterocycles. The first-order chi connectivity index (χ1) is 10.3. The van der Waals surface area contributed by atoms with E-state index in [2.05, 4.69) is 14.9 Å². The highest BCUT2D eigenvalue weighted by Gasteiger charge is 2.20. The fourth-order valence-electron chi connectivity index (χ4n) is 2.48. The number of halogens is 1. The molecule has 2 aromatic rings. The van der Waals surface area contributed by atoms with Crippen molar-refractivity contribution in [3.05, 3.63) is 48.2 Å². The van der Waals surface area contributed by atoms with Crippen LogP contribution in [-0.2, 0) is 6.61 Å². The quantitative estimate of drug-likeness (QED) is 0.926. The van der Waals surface area contributed by atoms with Crippen LogP contribution >= 0.6 is 0 Å². The van der Waals surface area contributed by atoms with Gasteiger partial charge in [0.2, 0.25) is 0 Å². The van der Waals surface area contributed by atoms with Gasteiger partial charge >= 0.3 is 0 Å². The van der Waals surface area contributed by atoms with E-state index in [1.165, 1.54) is 6.07 Å². The van der Waals surface area contributed by atoms with Crippen molar-refractivity contribution in [3.8, 4) is 0 Å². The lowest BCUT2D eigenvalue weighted by Gasteiger charge is -2.36. The van der Waals surface area contributed by atoms with Crippen LogP contribution in [0.1, 0.15) is 5.69 Å². The van der Waals surface area contributed by atoms with Crippen LogP contribution in [0.3, 0.4) is 0 Å². The molecule has 0 radical (unpaired) electrons. The minimum atomic E-state index is -0.182. The molecular weight excluding hydrogens is 271 g/mol. The standard InChI is InChI=1S/C15H17FN4O/c16-13-3-1-2-4-14(13)19-5-7-20(8-6-19)15-10-17-12(11-21)9-18-15/h1-4,9-10,21H,5-8,11H2. The van der Waals surface area contributed by atoms with Gasteiger partial charge in [0.25, 0.3) is 0 Å². The predicted octanol–water partition coefficient (Wildman–Crippen LogP) is 1.43. The van der Waals surface area contributed by atoms with Crippen molar-refractivity contribution < 1.29 is 9.50 Å². The summed E-state index contributed by atoms with van der Waals surface area (Å²) in [7, 11) is 0. The molecule has 1 N–H and O–H groups in total. The second kappa shape index (κ2) is 6.05. The summed E-state index contributed by atoms with van der Waals surface area (Å²) in [4.78, 5) is 12.6. The SMILES string of the molecule is OCc1cnc(N2CCN(c3ccccc3F)CC2)cn1. The molecule has 0 spiro atoms. The number of nitrogens with zero attached hydrogens (tertiary/aromatic N) is 4. The molecule has 0 unspecified atom stereocenters. The first-order valence-corrected chi connectivity index (χ1v) is 6.94. The molecular formula is C15H17FN4O. The summed E-state index contributed by atoms with van der Waals surface area (Å²) in [5.74, 6) is 0.610. The highest BCUT2D eigenvalue weighted by Crippen LogP contribution is 2.21. The molecule has 5 nitrogen and oxygen atoms in total. The van der Waals surface area contributed by atoms with Crippen LogP contribution in [0.15, 0.2) is 36.7 Å². The Labute approximate surface area is 122 Å². The van der Waals surface area contributed by atoms with Crippen LogP contribution in [0.2, 0.25) is 0 Å². The fourth-order valence-corrected chi connectivity index (χ4v) is 2.48. The minimum Gasteiger partial charge on any atom is -0.390 e. The van der Waals surface area contributed by atoms with E-state index in [9.17, 15) is 4.39 Å². The maximum absolute atomic E-state index is 13.8. The Kier molecular flexibility index (Phi) is 3.96. The van der Waals surface area contributed by atoms with Gasteiger partial charge in [-0.05, 0) is 12.1 Å². The van der Waals surface area contributed by atoms with E-state index < -0.39 is 0 Å². The molecule has 1 aromatic heterocycles. The average Bonchev–Trinajstić information content (AvgIpc) is 2.56. The van der Waals surface area contributed by atoms with E-state index in [1.807, 2.05) is 11.0 Å². The van der Waals surface area contributed by atoms with Gasteiger partial charge in [0, 0.05) is 26.2 Å². The van der Waals surface area contributed by atoms with Crippen molar-refractivity contribution in [2.75, 3.05) is 36.0 Å². The maximum atomic E-state index is 13.8. The summed E-state index contributed by atoms with van der Waals surface area (Å²) < 4.78 is 13.8. The van der Waals surface area contributed by atoms with Crippen molar-refractivity contribution in [1.29, 1.82) is 0 Å². The molecule has 1 fully saturated rings. The number of piperazine rings is 1. The van der Waals surface area contributed by atoms with Gasteiger partial charge in [0.15, 0.2) is 0 Å². The topological polar surface area (TPSA) is 52.5 Å². The summed E-state index contributed by atoms with van der Waals surface area (Å²) >= 11 is 0. The summed E-state index contributed by atoms with van der Waals surface area (Å²) in [6.45, 7) is 2.91. The van der Waals surface area contributed by atoms with Gasteiger partial charge in [-0.2, -0.15) is 0 Å². The zero-order valence-corrected chi connectivity index (χ0v) is 11.6. The van der Waals surface area contributed by atoms with Crippen molar-refractivity contribution in [1.82, 2.24) is 9.97 Å². The largest absolute Gasteiger partial charge is 0.390 e. The minimum absolute atomic E-state index is 0.103. The number of hydrogen-bond donors (Lipinski definition) is 1. The molecule has 21 heavy (non-hydrogen) atoms. The third kappa shape index (κ3) is 2.95. The number of aliphatic hydroxyl groups is 1. The molecule has 3 rings (SSSR count). The predicted molar refractivity (Wildman–Crippen MR) is 78.8 cm³/mol. The van der Waals surface area contributed by atoms with Gasteiger partial charge in [-0.3, -0.25) is 4.98 Å². The number of aromatic nitrogens is 2. The van der Waals surface area contributed by atoms with Crippen LogP contribution < -0.4 is 9.80 Å². The van der Waals surface area contributed by atoms with Crippen LogP contribution in [0.4, 0.5) is 15.9 Å². The molecule has 1 aliphatic rings. The number of hydrogen-bond acceptors (Lipinski definition) is 5. The highest BCUT2D eigenvalue weighted by atomic mass is 19.1. The Morgan fingerprint density at radius 2 is 1.71 bits per heavy atom. The number of benzene rings is 1. The molecule has 1 aromatic carbocycles. The lowest BCUT2D eigenvalue weighted by molar-refractivity contribution is 0.276. The molecule has 0 aliphatic carbocycles. The Morgan fingerprint density at radius 1 is 1.00 bits per heavy atom. The van der Waals surface area contributed by atoms with Gasteiger partial charge in [-0.25, -0.2) is 9.37 Å².